The largest absolute Gasteiger partial charge is 0.491 e. The standard InChI is InChI=1S/C23H23N3O4S/c1-31(28,29)19-6-2-15(3-7-19)23(27)26-10-11-30-22-9-5-16(12-18(22)14-26)17-4-8-20(24)21(25)13-17/h2-9,12-13H,10-11,14,24-25H2,1H3. The summed E-state index contributed by atoms with van der Waals surface area (Å²) in [5.74, 6) is 0.550. The molecular weight excluding hydrogens is 414 g/mol. The second kappa shape index (κ2) is 7.96. The lowest BCUT2D eigenvalue weighted by atomic mass is 10.0. The van der Waals surface area contributed by atoms with Gasteiger partial charge in [0, 0.05) is 23.9 Å². The molecule has 4 N–H and O–H groups in total. The fraction of sp³-hybridized carbons (Fsp3) is 0.174. The van der Waals surface area contributed by atoms with Crippen molar-refractivity contribution >= 4 is 27.1 Å². The number of nitrogen functional groups attached to an aromatic ring is 2. The van der Waals surface area contributed by atoms with E-state index < -0.39 is 9.84 Å². The number of carbonyl (C=O) groups is 1. The van der Waals surface area contributed by atoms with Crippen molar-refractivity contribution < 1.29 is 17.9 Å². The van der Waals surface area contributed by atoms with Gasteiger partial charge in [0.15, 0.2) is 9.84 Å². The summed E-state index contributed by atoms with van der Waals surface area (Å²) in [6, 6.07) is 17.3. The van der Waals surface area contributed by atoms with Gasteiger partial charge in [-0.25, -0.2) is 8.42 Å². The number of carbonyl (C=O) groups excluding carboxylic acids is 1. The van der Waals surface area contributed by atoms with Crippen LogP contribution in [0.1, 0.15) is 15.9 Å². The maximum Gasteiger partial charge on any atom is 0.254 e. The summed E-state index contributed by atoms with van der Waals surface area (Å²) in [5, 5.41) is 0. The third kappa shape index (κ3) is 4.34. The van der Waals surface area contributed by atoms with E-state index in [0.29, 0.717) is 36.6 Å². The fourth-order valence-corrected chi connectivity index (χ4v) is 4.16. The van der Waals surface area contributed by atoms with E-state index >= 15 is 0 Å². The lowest BCUT2D eigenvalue weighted by Crippen LogP contribution is -2.32. The van der Waals surface area contributed by atoms with Crippen molar-refractivity contribution in [3.63, 3.8) is 0 Å². The highest BCUT2D eigenvalue weighted by molar-refractivity contribution is 7.90. The molecule has 1 amide bonds. The van der Waals surface area contributed by atoms with E-state index in [0.717, 1.165) is 28.7 Å². The molecule has 0 saturated carbocycles. The van der Waals surface area contributed by atoms with E-state index in [2.05, 4.69) is 0 Å². The maximum absolute atomic E-state index is 13.1. The number of hydrogen-bond acceptors (Lipinski definition) is 6. The molecule has 3 aromatic carbocycles. The number of anilines is 2. The zero-order valence-corrected chi connectivity index (χ0v) is 17.9. The molecule has 7 nitrogen and oxygen atoms in total. The van der Waals surface area contributed by atoms with Gasteiger partial charge in [-0.2, -0.15) is 0 Å². The van der Waals surface area contributed by atoms with Crippen molar-refractivity contribution in [1.29, 1.82) is 0 Å². The van der Waals surface area contributed by atoms with Crippen LogP contribution in [0.15, 0.2) is 65.6 Å². The van der Waals surface area contributed by atoms with Crippen molar-refractivity contribution in [2.24, 2.45) is 0 Å². The molecule has 1 heterocycles. The molecule has 3 aromatic rings. The highest BCUT2D eigenvalue weighted by atomic mass is 32.2. The molecule has 160 valence electrons. The summed E-state index contributed by atoms with van der Waals surface area (Å²) in [4.78, 5) is 14.9. The monoisotopic (exact) mass is 437 g/mol. The van der Waals surface area contributed by atoms with Gasteiger partial charge in [0.2, 0.25) is 0 Å². The molecule has 0 spiro atoms. The quantitative estimate of drug-likeness (QED) is 0.609. The molecule has 8 heteroatoms. The van der Waals surface area contributed by atoms with Gasteiger partial charge in [-0.05, 0) is 59.7 Å². The van der Waals surface area contributed by atoms with Crippen molar-refractivity contribution in [2.45, 2.75) is 11.4 Å². The van der Waals surface area contributed by atoms with Crippen LogP contribution >= 0.6 is 0 Å². The van der Waals surface area contributed by atoms with Crippen LogP contribution < -0.4 is 16.2 Å². The van der Waals surface area contributed by atoms with Crippen LogP contribution in [0.25, 0.3) is 11.1 Å². The number of ether oxygens (including phenoxy) is 1. The topological polar surface area (TPSA) is 116 Å². The van der Waals surface area contributed by atoms with Crippen LogP contribution in [0, 0.1) is 0 Å². The van der Waals surface area contributed by atoms with Crippen molar-refractivity contribution in [1.82, 2.24) is 4.90 Å². The van der Waals surface area contributed by atoms with E-state index in [1.165, 1.54) is 12.1 Å². The van der Waals surface area contributed by atoms with E-state index in [4.69, 9.17) is 16.2 Å². The van der Waals surface area contributed by atoms with Gasteiger partial charge in [-0.3, -0.25) is 4.79 Å². The Kier molecular flexibility index (Phi) is 5.32. The van der Waals surface area contributed by atoms with Gasteiger partial charge in [-0.15, -0.1) is 0 Å². The van der Waals surface area contributed by atoms with E-state index in [1.54, 1.807) is 23.1 Å². The number of hydrogen-bond donors (Lipinski definition) is 2. The van der Waals surface area contributed by atoms with Gasteiger partial charge >= 0.3 is 0 Å². The van der Waals surface area contributed by atoms with E-state index in [9.17, 15) is 13.2 Å². The number of sulfone groups is 1. The number of fused-ring (bicyclic) bond motifs is 1. The van der Waals surface area contributed by atoms with Gasteiger partial charge in [0.05, 0.1) is 22.8 Å². The van der Waals surface area contributed by atoms with Crippen molar-refractivity contribution in [3.8, 4) is 16.9 Å². The Balaban J connectivity index is 1.61. The molecule has 0 unspecified atom stereocenters. The zero-order valence-electron chi connectivity index (χ0n) is 17.0. The van der Waals surface area contributed by atoms with Gasteiger partial charge < -0.3 is 21.1 Å². The highest BCUT2D eigenvalue weighted by Gasteiger charge is 2.22. The molecule has 4 rings (SSSR count). The average molecular weight is 438 g/mol. The molecular formula is C23H23N3O4S. The normalized spacial score (nSPS) is 13.8. The number of benzene rings is 3. The lowest BCUT2D eigenvalue weighted by Gasteiger charge is -2.20. The first-order valence-corrected chi connectivity index (χ1v) is 11.6. The van der Waals surface area contributed by atoms with Crippen LogP contribution in [0.3, 0.4) is 0 Å². The Hall–Kier alpha value is -3.52. The van der Waals surface area contributed by atoms with Crippen LogP contribution in [0.2, 0.25) is 0 Å². The predicted octanol–water partition coefficient (Wildman–Crippen LogP) is 2.96. The van der Waals surface area contributed by atoms with Gasteiger partial charge in [0.1, 0.15) is 12.4 Å². The predicted molar refractivity (Wildman–Crippen MR) is 120 cm³/mol. The van der Waals surface area contributed by atoms with Crippen molar-refractivity contribution in [2.75, 3.05) is 30.9 Å². The Morgan fingerprint density at radius 1 is 0.935 bits per heavy atom. The minimum Gasteiger partial charge on any atom is -0.491 e. The van der Waals surface area contributed by atoms with Crippen LogP contribution in [0.5, 0.6) is 5.75 Å². The Morgan fingerprint density at radius 3 is 2.29 bits per heavy atom. The Labute approximate surface area is 181 Å². The average Bonchev–Trinajstić information content (AvgIpc) is 2.96. The number of nitrogens with two attached hydrogens (primary N) is 2. The summed E-state index contributed by atoms with van der Waals surface area (Å²) in [5.41, 5.74) is 16.0. The third-order valence-electron chi connectivity index (χ3n) is 5.28. The molecule has 1 aliphatic heterocycles. The summed E-state index contributed by atoms with van der Waals surface area (Å²) in [6.45, 7) is 1.17. The second-order valence-corrected chi connectivity index (χ2v) is 9.55. The summed E-state index contributed by atoms with van der Waals surface area (Å²) < 4.78 is 29.2. The fourth-order valence-electron chi connectivity index (χ4n) is 3.53. The molecule has 1 aliphatic rings. The minimum atomic E-state index is -3.31. The highest BCUT2D eigenvalue weighted by Crippen LogP contribution is 2.31. The molecule has 0 aromatic heterocycles. The first kappa shape index (κ1) is 20.7. The maximum atomic E-state index is 13.1. The molecule has 0 bridgehead atoms. The molecule has 0 atom stereocenters. The molecule has 0 aliphatic carbocycles. The summed E-state index contributed by atoms with van der Waals surface area (Å²) >= 11 is 0. The number of nitrogens with zero attached hydrogens (tertiary/aromatic N) is 1. The molecule has 0 fully saturated rings. The molecule has 0 radical (unpaired) electrons. The van der Waals surface area contributed by atoms with Crippen LogP contribution in [0.4, 0.5) is 11.4 Å². The summed E-state index contributed by atoms with van der Waals surface area (Å²) in [6.07, 6.45) is 1.14. The molecule has 31 heavy (non-hydrogen) atoms. The van der Waals surface area contributed by atoms with Crippen molar-refractivity contribution in [3.05, 3.63) is 71.8 Å². The van der Waals surface area contributed by atoms with E-state index in [1.807, 2.05) is 30.3 Å². The van der Waals surface area contributed by atoms with Gasteiger partial charge in [0.25, 0.3) is 5.91 Å². The Morgan fingerprint density at radius 2 is 1.61 bits per heavy atom. The minimum absolute atomic E-state index is 0.181. The number of amides is 1. The smallest absolute Gasteiger partial charge is 0.254 e. The first-order valence-electron chi connectivity index (χ1n) is 9.73. The lowest BCUT2D eigenvalue weighted by molar-refractivity contribution is 0.0733. The summed E-state index contributed by atoms with van der Waals surface area (Å²) in [7, 11) is -3.31. The van der Waals surface area contributed by atoms with Crippen LogP contribution in [-0.2, 0) is 16.4 Å². The SMILES string of the molecule is CS(=O)(=O)c1ccc(C(=O)N2CCOc3ccc(-c4ccc(N)c(N)c4)cc3C2)cc1. The van der Waals surface area contributed by atoms with E-state index in [-0.39, 0.29) is 10.8 Å². The first-order chi connectivity index (χ1) is 14.7. The van der Waals surface area contributed by atoms with Crippen LogP contribution in [-0.4, -0.2) is 38.6 Å². The zero-order chi connectivity index (χ0) is 22.2. The number of rotatable bonds is 3. The molecule has 0 saturated heterocycles. The second-order valence-electron chi connectivity index (χ2n) is 7.54. The Bertz CT molecular complexity index is 1250. The van der Waals surface area contributed by atoms with Gasteiger partial charge in [-0.1, -0.05) is 12.1 Å². The third-order valence-corrected chi connectivity index (χ3v) is 6.41.